The van der Waals surface area contributed by atoms with E-state index in [0.717, 1.165) is 31.2 Å². The average molecular weight is 339 g/mol. The summed E-state index contributed by atoms with van der Waals surface area (Å²) < 4.78 is 5.41. The van der Waals surface area contributed by atoms with Gasteiger partial charge in [0.25, 0.3) is 5.91 Å². The summed E-state index contributed by atoms with van der Waals surface area (Å²) in [5.74, 6) is 0.299. The SMILES string of the molecule is CNc1nc(C(=O)N2CC[C@@](O)(C3CCOCC3)[C@H](C)C2)cs1. The number of nitrogens with zero attached hydrogens (tertiary/aromatic N) is 2. The summed E-state index contributed by atoms with van der Waals surface area (Å²) in [5.41, 5.74) is -0.193. The quantitative estimate of drug-likeness (QED) is 0.879. The average Bonchev–Trinajstić information content (AvgIpc) is 3.06. The Bertz CT molecular complexity index is 559. The second kappa shape index (κ2) is 6.75. The molecule has 0 unspecified atom stereocenters. The molecule has 2 aliphatic heterocycles. The highest BCUT2D eigenvalue weighted by Crippen LogP contribution is 2.39. The molecule has 3 heterocycles. The molecule has 128 valence electrons. The fourth-order valence-electron chi connectivity index (χ4n) is 3.78. The first kappa shape index (κ1) is 16.7. The molecule has 1 aromatic heterocycles. The van der Waals surface area contributed by atoms with E-state index < -0.39 is 5.60 Å². The maximum Gasteiger partial charge on any atom is 0.273 e. The Morgan fingerprint density at radius 2 is 2.26 bits per heavy atom. The molecule has 3 rings (SSSR count). The Morgan fingerprint density at radius 3 is 2.87 bits per heavy atom. The minimum atomic E-state index is -0.682. The highest BCUT2D eigenvalue weighted by atomic mass is 32.1. The molecule has 0 radical (unpaired) electrons. The predicted molar refractivity (Wildman–Crippen MR) is 89.8 cm³/mol. The lowest BCUT2D eigenvalue weighted by molar-refractivity contribution is -0.125. The van der Waals surface area contributed by atoms with Gasteiger partial charge < -0.3 is 20.1 Å². The zero-order valence-corrected chi connectivity index (χ0v) is 14.6. The van der Waals surface area contributed by atoms with Crippen LogP contribution in [-0.2, 0) is 4.74 Å². The third-order valence-electron chi connectivity index (χ3n) is 5.28. The molecule has 1 amide bonds. The number of likely N-dealkylation sites (tertiary alicyclic amines) is 1. The van der Waals surface area contributed by atoms with Crippen molar-refractivity contribution in [1.29, 1.82) is 0 Å². The van der Waals surface area contributed by atoms with Crippen molar-refractivity contribution >= 4 is 22.4 Å². The Morgan fingerprint density at radius 1 is 1.52 bits per heavy atom. The van der Waals surface area contributed by atoms with Gasteiger partial charge in [0, 0.05) is 44.6 Å². The number of nitrogens with one attached hydrogen (secondary N) is 1. The highest BCUT2D eigenvalue weighted by molar-refractivity contribution is 7.13. The van der Waals surface area contributed by atoms with E-state index in [9.17, 15) is 9.90 Å². The van der Waals surface area contributed by atoms with Gasteiger partial charge in [-0.05, 0) is 25.2 Å². The van der Waals surface area contributed by atoms with Crippen LogP contribution in [-0.4, -0.2) is 59.8 Å². The number of hydrogen-bond donors (Lipinski definition) is 2. The zero-order valence-electron chi connectivity index (χ0n) is 13.7. The van der Waals surface area contributed by atoms with Gasteiger partial charge in [0.2, 0.25) is 0 Å². The Labute approximate surface area is 140 Å². The normalized spacial score (nSPS) is 29.5. The van der Waals surface area contributed by atoms with Crippen LogP contribution in [0.25, 0.3) is 0 Å². The summed E-state index contributed by atoms with van der Waals surface area (Å²) in [6.45, 7) is 4.68. The molecule has 1 aromatic rings. The Balaban J connectivity index is 1.66. The molecule has 2 saturated heterocycles. The number of aliphatic hydroxyl groups is 1. The molecule has 0 spiro atoms. The Kier molecular flexibility index (Phi) is 4.89. The third kappa shape index (κ3) is 3.22. The molecule has 0 saturated carbocycles. The second-order valence-corrected chi connectivity index (χ2v) is 7.43. The molecule has 0 aromatic carbocycles. The topological polar surface area (TPSA) is 74.7 Å². The first-order valence-corrected chi connectivity index (χ1v) is 9.15. The molecule has 2 aliphatic rings. The summed E-state index contributed by atoms with van der Waals surface area (Å²) in [6, 6.07) is 0. The molecule has 2 atom stereocenters. The van der Waals surface area contributed by atoms with Gasteiger partial charge in [-0.25, -0.2) is 4.98 Å². The highest BCUT2D eigenvalue weighted by Gasteiger charge is 2.46. The number of ether oxygens (including phenoxy) is 1. The van der Waals surface area contributed by atoms with Crippen molar-refractivity contribution in [2.24, 2.45) is 11.8 Å². The molecule has 0 aliphatic carbocycles. The van der Waals surface area contributed by atoms with Crippen LogP contribution in [0.15, 0.2) is 5.38 Å². The number of amides is 1. The number of piperidine rings is 1. The zero-order chi connectivity index (χ0) is 16.4. The van der Waals surface area contributed by atoms with Crippen molar-refractivity contribution in [2.45, 2.75) is 31.8 Å². The molecule has 7 heteroatoms. The minimum absolute atomic E-state index is 0.0383. The van der Waals surface area contributed by atoms with E-state index in [1.54, 1.807) is 12.4 Å². The van der Waals surface area contributed by atoms with Gasteiger partial charge in [0.15, 0.2) is 5.13 Å². The van der Waals surface area contributed by atoms with Crippen LogP contribution in [0.4, 0.5) is 5.13 Å². The van der Waals surface area contributed by atoms with Gasteiger partial charge in [-0.3, -0.25) is 4.79 Å². The number of aromatic nitrogens is 1. The summed E-state index contributed by atoms with van der Waals surface area (Å²) in [4.78, 5) is 18.7. The van der Waals surface area contributed by atoms with E-state index in [0.29, 0.717) is 25.2 Å². The molecule has 2 N–H and O–H groups in total. The summed E-state index contributed by atoms with van der Waals surface area (Å²) in [7, 11) is 1.80. The fourth-order valence-corrected chi connectivity index (χ4v) is 4.42. The van der Waals surface area contributed by atoms with Crippen molar-refractivity contribution in [3.05, 3.63) is 11.1 Å². The standard InChI is InChI=1S/C16H25N3O3S/c1-11-9-19(14(20)13-10-23-15(17-2)18-13)6-5-16(11,21)12-3-7-22-8-4-12/h10-12,21H,3-9H2,1-2H3,(H,17,18)/t11-,16+/m1/s1. The number of hydrogen-bond acceptors (Lipinski definition) is 6. The number of carbonyl (C=O) groups is 1. The van der Waals surface area contributed by atoms with E-state index in [4.69, 9.17) is 4.74 Å². The van der Waals surface area contributed by atoms with Crippen LogP contribution in [0.3, 0.4) is 0 Å². The third-order valence-corrected chi connectivity index (χ3v) is 6.14. The van der Waals surface area contributed by atoms with Crippen molar-refractivity contribution in [3.63, 3.8) is 0 Å². The second-order valence-electron chi connectivity index (χ2n) is 6.57. The summed E-state index contributed by atoms with van der Waals surface area (Å²) in [5, 5.41) is 16.7. The predicted octanol–water partition coefficient (Wildman–Crippen LogP) is 1.82. The van der Waals surface area contributed by atoms with Gasteiger partial charge in [-0.2, -0.15) is 0 Å². The van der Waals surface area contributed by atoms with Crippen molar-refractivity contribution in [1.82, 2.24) is 9.88 Å². The van der Waals surface area contributed by atoms with E-state index >= 15 is 0 Å². The monoisotopic (exact) mass is 339 g/mol. The van der Waals surface area contributed by atoms with E-state index in [1.807, 2.05) is 4.90 Å². The van der Waals surface area contributed by atoms with Gasteiger partial charge in [0.1, 0.15) is 5.69 Å². The van der Waals surface area contributed by atoms with Crippen molar-refractivity contribution < 1.29 is 14.6 Å². The van der Waals surface area contributed by atoms with Crippen LogP contribution in [0.1, 0.15) is 36.7 Å². The first-order chi connectivity index (χ1) is 11.0. The Hall–Kier alpha value is -1.18. The van der Waals surface area contributed by atoms with Crippen molar-refractivity contribution in [3.8, 4) is 0 Å². The van der Waals surface area contributed by atoms with Gasteiger partial charge in [0.05, 0.1) is 5.60 Å². The van der Waals surface area contributed by atoms with E-state index in [1.165, 1.54) is 11.3 Å². The molecular formula is C16H25N3O3S. The lowest BCUT2D eigenvalue weighted by Crippen LogP contribution is -2.56. The maximum atomic E-state index is 12.6. The number of carbonyl (C=O) groups excluding carboxylic acids is 1. The smallest absolute Gasteiger partial charge is 0.273 e. The lowest BCUT2D eigenvalue weighted by Gasteiger charge is -2.48. The molecule has 23 heavy (non-hydrogen) atoms. The summed E-state index contributed by atoms with van der Waals surface area (Å²) in [6.07, 6.45) is 2.45. The molecule has 0 bridgehead atoms. The molecule has 2 fully saturated rings. The van der Waals surface area contributed by atoms with Crippen LogP contribution >= 0.6 is 11.3 Å². The lowest BCUT2D eigenvalue weighted by atomic mass is 9.70. The van der Waals surface area contributed by atoms with Crippen molar-refractivity contribution in [2.75, 3.05) is 38.7 Å². The van der Waals surface area contributed by atoms with Gasteiger partial charge >= 0.3 is 0 Å². The first-order valence-electron chi connectivity index (χ1n) is 8.27. The van der Waals surface area contributed by atoms with Crippen LogP contribution < -0.4 is 5.32 Å². The van der Waals surface area contributed by atoms with Crippen LogP contribution in [0.2, 0.25) is 0 Å². The maximum absolute atomic E-state index is 12.6. The van der Waals surface area contributed by atoms with Gasteiger partial charge in [-0.15, -0.1) is 11.3 Å². The fraction of sp³-hybridized carbons (Fsp3) is 0.750. The number of rotatable bonds is 3. The van der Waals surface area contributed by atoms with E-state index in [-0.39, 0.29) is 17.7 Å². The molecular weight excluding hydrogens is 314 g/mol. The largest absolute Gasteiger partial charge is 0.389 e. The minimum Gasteiger partial charge on any atom is -0.389 e. The van der Waals surface area contributed by atoms with Crippen LogP contribution in [0, 0.1) is 11.8 Å². The van der Waals surface area contributed by atoms with Crippen LogP contribution in [0.5, 0.6) is 0 Å². The summed E-state index contributed by atoms with van der Waals surface area (Å²) >= 11 is 1.43. The van der Waals surface area contributed by atoms with Gasteiger partial charge in [-0.1, -0.05) is 6.92 Å². The number of thiazole rings is 1. The molecule has 6 nitrogen and oxygen atoms in total. The number of anilines is 1. The van der Waals surface area contributed by atoms with E-state index in [2.05, 4.69) is 17.2 Å².